The number of benzene rings is 2. The maximum absolute atomic E-state index is 12.0. The summed E-state index contributed by atoms with van der Waals surface area (Å²) in [6.07, 6.45) is 0.811. The van der Waals surface area contributed by atoms with Gasteiger partial charge in [0.2, 0.25) is 5.78 Å². The molecule has 2 rings (SSSR count). The van der Waals surface area contributed by atoms with E-state index in [1.54, 1.807) is 31.2 Å². The fourth-order valence-corrected chi connectivity index (χ4v) is 2.25. The van der Waals surface area contributed by atoms with E-state index in [1.165, 1.54) is 18.2 Å². The summed E-state index contributed by atoms with van der Waals surface area (Å²) >= 11 is 0. The van der Waals surface area contributed by atoms with E-state index < -0.39 is 16.6 Å². The molecular weight excluding hydrogens is 352 g/mol. The van der Waals surface area contributed by atoms with Crippen LogP contribution in [0.5, 0.6) is 5.75 Å². The highest BCUT2D eigenvalue weighted by molar-refractivity contribution is 6.45. The minimum Gasteiger partial charge on any atom is -0.507 e. The Morgan fingerprint density at radius 3 is 2.44 bits per heavy atom. The van der Waals surface area contributed by atoms with E-state index in [2.05, 4.69) is 5.32 Å². The lowest BCUT2D eigenvalue weighted by Crippen LogP contribution is -2.21. The van der Waals surface area contributed by atoms with Gasteiger partial charge in [-0.2, -0.15) is 0 Å². The van der Waals surface area contributed by atoms with Crippen molar-refractivity contribution in [2.75, 3.05) is 11.9 Å². The first-order valence-electron chi connectivity index (χ1n) is 8.06. The van der Waals surface area contributed by atoms with E-state index in [1.807, 2.05) is 6.92 Å². The highest BCUT2D eigenvalue weighted by atomic mass is 16.6. The second-order valence-electron chi connectivity index (χ2n) is 5.56. The van der Waals surface area contributed by atoms with E-state index in [9.17, 15) is 24.8 Å². The Hall–Kier alpha value is -3.68. The number of nitro groups is 1. The van der Waals surface area contributed by atoms with Gasteiger partial charge in [-0.15, -0.1) is 0 Å². The molecule has 0 radical (unpaired) electrons. The summed E-state index contributed by atoms with van der Waals surface area (Å²) in [7, 11) is 0. The van der Waals surface area contributed by atoms with Crippen LogP contribution in [0.15, 0.2) is 48.5 Å². The number of ether oxygens (including phenoxy) is 1. The molecule has 0 aliphatic heterocycles. The molecule has 0 bridgehead atoms. The molecule has 0 unspecified atom stereocenters. The lowest BCUT2D eigenvalue weighted by molar-refractivity contribution is -0.384. The number of aryl methyl sites for hydroxylation is 1. The van der Waals surface area contributed by atoms with Crippen molar-refractivity contribution in [3.05, 3.63) is 69.8 Å². The molecule has 0 aliphatic carbocycles. The number of amides is 1. The summed E-state index contributed by atoms with van der Waals surface area (Å²) in [6, 6.07) is 10.2. The number of hydrogen-bond acceptors (Lipinski definition) is 6. The van der Waals surface area contributed by atoms with E-state index in [0.29, 0.717) is 23.5 Å². The molecule has 2 N–H and O–H groups in total. The van der Waals surface area contributed by atoms with E-state index >= 15 is 0 Å². The van der Waals surface area contributed by atoms with Crippen LogP contribution >= 0.6 is 0 Å². The van der Waals surface area contributed by atoms with Crippen molar-refractivity contribution in [1.29, 1.82) is 0 Å². The van der Waals surface area contributed by atoms with Crippen LogP contribution in [0.4, 0.5) is 11.4 Å². The molecular formula is C19H18N2O6. The molecule has 0 spiro atoms. The van der Waals surface area contributed by atoms with Crippen LogP contribution in [0.1, 0.15) is 18.1 Å². The van der Waals surface area contributed by atoms with Crippen molar-refractivity contribution in [2.24, 2.45) is 0 Å². The van der Waals surface area contributed by atoms with Crippen molar-refractivity contribution >= 4 is 28.8 Å². The van der Waals surface area contributed by atoms with Gasteiger partial charge in [0, 0.05) is 29.5 Å². The molecule has 0 saturated heterocycles. The SMILES string of the molecule is CCOc1ccc(/C(O)=C/C(=O)C(=O)Nc2ccc([N+](=O)[O-])cc2C)cc1. The smallest absolute Gasteiger partial charge is 0.296 e. The van der Waals surface area contributed by atoms with Gasteiger partial charge in [0.15, 0.2) is 0 Å². The Kier molecular flexibility index (Phi) is 6.27. The number of aliphatic hydroxyl groups excluding tert-OH is 1. The van der Waals surface area contributed by atoms with Gasteiger partial charge in [-0.05, 0) is 49.7 Å². The number of ketones is 1. The molecule has 0 heterocycles. The monoisotopic (exact) mass is 370 g/mol. The van der Waals surface area contributed by atoms with Crippen LogP contribution < -0.4 is 10.1 Å². The van der Waals surface area contributed by atoms with Crippen LogP contribution in [0.25, 0.3) is 5.76 Å². The number of nitrogens with zero attached hydrogens (tertiary/aromatic N) is 1. The normalized spacial score (nSPS) is 11.0. The summed E-state index contributed by atoms with van der Waals surface area (Å²) < 4.78 is 5.29. The van der Waals surface area contributed by atoms with Gasteiger partial charge < -0.3 is 15.2 Å². The van der Waals surface area contributed by atoms with Crippen LogP contribution in [-0.4, -0.2) is 28.3 Å². The summed E-state index contributed by atoms with van der Waals surface area (Å²) in [5.74, 6) is -1.67. The third-order valence-electron chi connectivity index (χ3n) is 3.62. The number of rotatable bonds is 7. The molecule has 8 nitrogen and oxygen atoms in total. The average molecular weight is 370 g/mol. The van der Waals surface area contributed by atoms with E-state index in [0.717, 1.165) is 6.08 Å². The number of carbonyl (C=O) groups excluding carboxylic acids is 2. The highest BCUT2D eigenvalue weighted by Crippen LogP contribution is 2.21. The van der Waals surface area contributed by atoms with Crippen molar-refractivity contribution in [1.82, 2.24) is 0 Å². The number of carbonyl (C=O) groups is 2. The van der Waals surface area contributed by atoms with Crippen LogP contribution in [-0.2, 0) is 9.59 Å². The second-order valence-corrected chi connectivity index (χ2v) is 5.56. The van der Waals surface area contributed by atoms with Crippen molar-refractivity contribution in [3.63, 3.8) is 0 Å². The first-order chi connectivity index (χ1) is 12.8. The summed E-state index contributed by atoms with van der Waals surface area (Å²) in [5, 5.41) is 23.1. The number of non-ortho nitro benzene ring substituents is 1. The predicted octanol–water partition coefficient (Wildman–Crippen LogP) is 3.41. The zero-order chi connectivity index (χ0) is 20.0. The maximum atomic E-state index is 12.0. The number of nitro benzene ring substituents is 1. The molecule has 140 valence electrons. The van der Waals surface area contributed by atoms with Crippen LogP contribution in [0.3, 0.4) is 0 Å². The minimum atomic E-state index is -0.968. The molecule has 2 aromatic carbocycles. The Morgan fingerprint density at radius 2 is 1.89 bits per heavy atom. The lowest BCUT2D eigenvalue weighted by Gasteiger charge is -2.07. The van der Waals surface area contributed by atoms with Crippen LogP contribution in [0.2, 0.25) is 0 Å². The molecule has 27 heavy (non-hydrogen) atoms. The van der Waals surface area contributed by atoms with Gasteiger partial charge >= 0.3 is 0 Å². The predicted molar refractivity (Wildman–Crippen MR) is 99.7 cm³/mol. The Balaban J connectivity index is 2.09. The Morgan fingerprint density at radius 1 is 1.22 bits per heavy atom. The van der Waals surface area contributed by atoms with Gasteiger partial charge in [0.1, 0.15) is 11.5 Å². The van der Waals surface area contributed by atoms with Gasteiger partial charge in [0.25, 0.3) is 11.6 Å². The average Bonchev–Trinajstić information content (AvgIpc) is 2.63. The summed E-state index contributed by atoms with van der Waals surface area (Å²) in [4.78, 5) is 34.2. The topological polar surface area (TPSA) is 119 Å². The molecule has 0 fully saturated rings. The zero-order valence-electron chi connectivity index (χ0n) is 14.8. The van der Waals surface area contributed by atoms with Gasteiger partial charge in [0.05, 0.1) is 11.5 Å². The first kappa shape index (κ1) is 19.6. The molecule has 0 saturated carbocycles. The fraction of sp³-hybridized carbons (Fsp3) is 0.158. The second kappa shape index (κ2) is 8.61. The quantitative estimate of drug-likeness (QED) is 0.253. The van der Waals surface area contributed by atoms with Crippen molar-refractivity contribution < 1.29 is 24.4 Å². The summed E-state index contributed by atoms with van der Waals surface area (Å²) in [5.41, 5.74) is 0.939. The molecule has 2 aromatic rings. The van der Waals surface area contributed by atoms with Gasteiger partial charge in [-0.3, -0.25) is 19.7 Å². The van der Waals surface area contributed by atoms with Gasteiger partial charge in [-0.25, -0.2) is 0 Å². The molecule has 8 heteroatoms. The maximum Gasteiger partial charge on any atom is 0.296 e. The molecule has 0 atom stereocenters. The first-order valence-corrected chi connectivity index (χ1v) is 8.06. The third-order valence-corrected chi connectivity index (χ3v) is 3.62. The number of anilines is 1. The fourth-order valence-electron chi connectivity index (χ4n) is 2.25. The Bertz CT molecular complexity index is 903. The third kappa shape index (κ3) is 5.15. The lowest BCUT2D eigenvalue weighted by atomic mass is 10.1. The van der Waals surface area contributed by atoms with E-state index in [4.69, 9.17) is 4.74 Å². The summed E-state index contributed by atoms with van der Waals surface area (Å²) in [6.45, 7) is 3.91. The van der Waals surface area contributed by atoms with Gasteiger partial charge in [-0.1, -0.05) is 0 Å². The van der Waals surface area contributed by atoms with E-state index in [-0.39, 0.29) is 17.1 Å². The molecule has 0 aliphatic rings. The Labute approximate surface area is 155 Å². The number of aliphatic hydroxyl groups is 1. The largest absolute Gasteiger partial charge is 0.507 e. The minimum absolute atomic E-state index is 0.120. The standard InChI is InChI=1S/C19H18N2O6/c1-3-27-15-7-4-13(5-8-15)17(22)11-18(23)19(24)20-16-9-6-14(21(25)26)10-12(16)2/h4-11,22H,3H2,1-2H3,(H,20,24)/b17-11-. The van der Waals surface area contributed by atoms with Crippen molar-refractivity contribution in [3.8, 4) is 5.75 Å². The molecule has 1 amide bonds. The number of hydrogen-bond donors (Lipinski definition) is 2. The van der Waals surface area contributed by atoms with Crippen LogP contribution in [0, 0.1) is 17.0 Å². The van der Waals surface area contributed by atoms with Crippen molar-refractivity contribution in [2.45, 2.75) is 13.8 Å². The molecule has 0 aromatic heterocycles. The zero-order valence-corrected chi connectivity index (χ0v) is 14.8. The highest BCUT2D eigenvalue weighted by Gasteiger charge is 2.16. The number of nitrogens with one attached hydrogen (secondary N) is 1.